The first-order valence-corrected chi connectivity index (χ1v) is 12.8. The molecule has 33 heavy (non-hydrogen) atoms. The molecular weight excluding hydrogens is 445 g/mol. The highest BCUT2D eigenvalue weighted by Crippen LogP contribution is 2.25. The quantitative estimate of drug-likeness (QED) is 0.633. The molecule has 1 saturated heterocycles. The van der Waals surface area contributed by atoms with Crippen molar-refractivity contribution in [1.29, 1.82) is 0 Å². The first-order valence-electron chi connectivity index (χ1n) is 11.2. The highest BCUT2D eigenvalue weighted by atomic mass is 32.2. The summed E-state index contributed by atoms with van der Waals surface area (Å²) >= 11 is 0. The predicted molar refractivity (Wildman–Crippen MR) is 126 cm³/mol. The third-order valence-corrected chi connectivity index (χ3v) is 7.81. The molecule has 0 atom stereocenters. The lowest BCUT2D eigenvalue weighted by molar-refractivity contribution is -0.120. The van der Waals surface area contributed by atoms with Crippen LogP contribution in [-0.4, -0.2) is 55.6 Å². The highest BCUT2D eigenvalue weighted by Gasteiger charge is 2.32. The first-order chi connectivity index (χ1) is 15.8. The van der Waals surface area contributed by atoms with Gasteiger partial charge >= 0.3 is 0 Å². The van der Waals surface area contributed by atoms with Crippen molar-refractivity contribution in [3.8, 4) is 0 Å². The molecule has 0 radical (unpaired) electrons. The maximum absolute atomic E-state index is 13.9. The van der Waals surface area contributed by atoms with Crippen LogP contribution in [0.25, 0.3) is 0 Å². The van der Waals surface area contributed by atoms with Crippen molar-refractivity contribution < 1.29 is 22.4 Å². The van der Waals surface area contributed by atoms with Crippen molar-refractivity contribution in [2.45, 2.75) is 32.4 Å². The minimum absolute atomic E-state index is 0.131. The van der Waals surface area contributed by atoms with E-state index in [1.165, 1.54) is 22.5 Å². The van der Waals surface area contributed by atoms with E-state index >= 15 is 0 Å². The second-order valence-electron chi connectivity index (χ2n) is 8.03. The maximum Gasteiger partial charge on any atom is 0.255 e. The molecular formula is C24H30FN3O4S. The van der Waals surface area contributed by atoms with Gasteiger partial charge in [0.1, 0.15) is 5.82 Å². The summed E-state index contributed by atoms with van der Waals surface area (Å²) in [7, 11) is -3.69. The molecule has 0 aliphatic carbocycles. The fourth-order valence-corrected chi connectivity index (χ4v) is 5.57. The van der Waals surface area contributed by atoms with Gasteiger partial charge in [-0.15, -0.1) is 0 Å². The maximum atomic E-state index is 13.9. The Morgan fingerprint density at radius 3 is 2.27 bits per heavy atom. The number of nitrogens with one attached hydrogen (secondary N) is 1. The SMILES string of the molecule is CCN(CC)C(=O)c1ccccc1NC(=O)C1CCN(S(=O)(=O)Cc2ccccc2F)CC1. The molecule has 0 spiro atoms. The molecule has 1 heterocycles. The molecule has 9 heteroatoms. The number of halogens is 1. The molecule has 1 aliphatic rings. The van der Waals surface area contributed by atoms with Crippen molar-refractivity contribution in [2.24, 2.45) is 5.92 Å². The van der Waals surface area contributed by atoms with E-state index < -0.39 is 21.6 Å². The number of piperidine rings is 1. The third-order valence-electron chi connectivity index (χ3n) is 5.98. The lowest BCUT2D eigenvalue weighted by Crippen LogP contribution is -2.42. The van der Waals surface area contributed by atoms with Gasteiger partial charge in [-0.25, -0.2) is 17.1 Å². The zero-order valence-corrected chi connectivity index (χ0v) is 19.8. The van der Waals surface area contributed by atoms with Gasteiger partial charge in [0.25, 0.3) is 5.91 Å². The highest BCUT2D eigenvalue weighted by molar-refractivity contribution is 7.88. The molecule has 1 aliphatic heterocycles. The lowest BCUT2D eigenvalue weighted by Gasteiger charge is -2.30. The number of benzene rings is 2. The number of amides is 2. The molecule has 3 rings (SSSR count). The molecule has 0 unspecified atom stereocenters. The summed E-state index contributed by atoms with van der Waals surface area (Å²) in [5.41, 5.74) is 1.01. The molecule has 2 aromatic carbocycles. The number of anilines is 1. The van der Waals surface area contributed by atoms with E-state index in [4.69, 9.17) is 0 Å². The van der Waals surface area contributed by atoms with Gasteiger partial charge in [-0.2, -0.15) is 0 Å². The van der Waals surface area contributed by atoms with Gasteiger partial charge in [0, 0.05) is 37.7 Å². The number of carbonyl (C=O) groups is 2. The standard InChI is InChI=1S/C24H30FN3O4S/c1-3-27(4-2)24(30)20-10-6-8-12-22(20)26-23(29)18-13-15-28(16-14-18)33(31,32)17-19-9-5-7-11-21(19)25/h5-12,18H,3-4,13-17H2,1-2H3,(H,26,29). The van der Waals surface area contributed by atoms with E-state index in [-0.39, 0.29) is 36.4 Å². The Bertz CT molecular complexity index is 1090. The van der Waals surface area contributed by atoms with Gasteiger partial charge < -0.3 is 10.2 Å². The summed E-state index contributed by atoms with van der Waals surface area (Å²) in [6.45, 7) is 5.31. The Hall–Kier alpha value is -2.78. The van der Waals surface area contributed by atoms with Crippen LogP contribution in [0.2, 0.25) is 0 Å². The number of rotatable bonds is 8. The number of carbonyl (C=O) groups excluding carboxylic acids is 2. The Morgan fingerprint density at radius 2 is 1.64 bits per heavy atom. The van der Waals surface area contributed by atoms with Crippen LogP contribution in [0.15, 0.2) is 48.5 Å². The van der Waals surface area contributed by atoms with Crippen molar-refractivity contribution in [1.82, 2.24) is 9.21 Å². The summed E-state index contributed by atoms with van der Waals surface area (Å²) in [5, 5.41) is 2.86. The van der Waals surface area contributed by atoms with Crippen LogP contribution in [0.5, 0.6) is 0 Å². The molecule has 1 fully saturated rings. The molecule has 0 saturated carbocycles. The number of para-hydroxylation sites is 1. The fourth-order valence-electron chi connectivity index (χ4n) is 3.99. The number of hydrogen-bond donors (Lipinski definition) is 1. The fraction of sp³-hybridized carbons (Fsp3) is 0.417. The van der Waals surface area contributed by atoms with Crippen LogP contribution < -0.4 is 5.32 Å². The van der Waals surface area contributed by atoms with E-state index in [0.717, 1.165) is 0 Å². The van der Waals surface area contributed by atoms with Crippen molar-refractivity contribution in [2.75, 3.05) is 31.5 Å². The largest absolute Gasteiger partial charge is 0.339 e. The second-order valence-corrected chi connectivity index (χ2v) is 10.0. The van der Waals surface area contributed by atoms with Gasteiger partial charge in [-0.1, -0.05) is 30.3 Å². The Balaban J connectivity index is 1.62. The van der Waals surface area contributed by atoms with Gasteiger partial charge in [0.05, 0.1) is 17.0 Å². The summed E-state index contributed by atoms with van der Waals surface area (Å²) in [5.74, 6) is -1.71. The smallest absolute Gasteiger partial charge is 0.255 e. The van der Waals surface area contributed by atoms with E-state index in [9.17, 15) is 22.4 Å². The minimum atomic E-state index is -3.69. The molecule has 7 nitrogen and oxygen atoms in total. The molecule has 178 valence electrons. The first kappa shape index (κ1) is 24.9. The van der Waals surface area contributed by atoms with Crippen LogP contribution in [-0.2, 0) is 20.6 Å². The van der Waals surface area contributed by atoms with Crippen LogP contribution in [0.1, 0.15) is 42.6 Å². The van der Waals surface area contributed by atoms with Crippen LogP contribution in [0.4, 0.5) is 10.1 Å². The topological polar surface area (TPSA) is 86.8 Å². The predicted octanol–water partition coefficient (Wildman–Crippen LogP) is 3.49. The second kappa shape index (κ2) is 10.9. The van der Waals surface area contributed by atoms with E-state index in [1.54, 1.807) is 35.2 Å². The average Bonchev–Trinajstić information content (AvgIpc) is 2.81. The number of nitrogens with zero attached hydrogens (tertiary/aromatic N) is 2. The van der Waals surface area contributed by atoms with Crippen LogP contribution in [0.3, 0.4) is 0 Å². The zero-order chi connectivity index (χ0) is 24.0. The lowest BCUT2D eigenvalue weighted by atomic mass is 9.97. The Labute approximate surface area is 194 Å². The molecule has 2 amide bonds. The van der Waals surface area contributed by atoms with Crippen molar-refractivity contribution in [3.05, 3.63) is 65.5 Å². The summed E-state index contributed by atoms with van der Waals surface area (Å²) < 4.78 is 40.7. The van der Waals surface area contributed by atoms with Crippen molar-refractivity contribution in [3.63, 3.8) is 0 Å². The molecule has 2 aromatic rings. The Kier molecular flexibility index (Phi) is 8.20. The van der Waals surface area contributed by atoms with Crippen molar-refractivity contribution >= 4 is 27.5 Å². The number of hydrogen-bond acceptors (Lipinski definition) is 4. The minimum Gasteiger partial charge on any atom is -0.339 e. The van der Waals surface area contributed by atoms with Gasteiger partial charge in [0.2, 0.25) is 15.9 Å². The van der Waals surface area contributed by atoms with Gasteiger partial charge in [-0.05, 0) is 44.9 Å². The van der Waals surface area contributed by atoms with E-state index in [0.29, 0.717) is 37.2 Å². The summed E-state index contributed by atoms with van der Waals surface area (Å²) in [6, 6.07) is 12.7. The third kappa shape index (κ3) is 5.97. The monoisotopic (exact) mass is 475 g/mol. The average molecular weight is 476 g/mol. The van der Waals surface area contributed by atoms with Gasteiger partial charge in [0.15, 0.2) is 0 Å². The van der Waals surface area contributed by atoms with E-state index in [2.05, 4.69) is 5.32 Å². The molecule has 0 bridgehead atoms. The van der Waals surface area contributed by atoms with Gasteiger partial charge in [-0.3, -0.25) is 9.59 Å². The zero-order valence-electron chi connectivity index (χ0n) is 19.0. The van der Waals surface area contributed by atoms with Crippen LogP contribution in [0, 0.1) is 11.7 Å². The van der Waals surface area contributed by atoms with Crippen LogP contribution >= 0.6 is 0 Å². The molecule has 1 N–H and O–H groups in total. The summed E-state index contributed by atoms with van der Waals surface area (Å²) in [6.07, 6.45) is 0.711. The summed E-state index contributed by atoms with van der Waals surface area (Å²) in [4.78, 5) is 27.4. The number of sulfonamides is 1. The molecule has 0 aromatic heterocycles. The normalized spacial score (nSPS) is 15.2. The Morgan fingerprint density at radius 1 is 1.03 bits per heavy atom. The van der Waals surface area contributed by atoms with E-state index in [1.807, 2.05) is 13.8 Å².